The molecule has 5 nitrogen and oxygen atoms in total. The van der Waals surface area contributed by atoms with E-state index in [1.54, 1.807) is 6.20 Å². The molecular weight excluding hydrogens is 454 g/mol. The van der Waals surface area contributed by atoms with Gasteiger partial charge in [-0.15, -0.1) is 11.3 Å². The van der Waals surface area contributed by atoms with Gasteiger partial charge < -0.3 is 10.1 Å². The lowest BCUT2D eigenvalue weighted by atomic mass is 10.0. The van der Waals surface area contributed by atoms with Crippen LogP contribution in [-0.4, -0.2) is 15.7 Å². The van der Waals surface area contributed by atoms with Crippen molar-refractivity contribution < 1.29 is 9.53 Å². The van der Waals surface area contributed by atoms with E-state index in [0.29, 0.717) is 23.7 Å². The van der Waals surface area contributed by atoms with Gasteiger partial charge >= 0.3 is 0 Å². The lowest BCUT2D eigenvalue weighted by Gasteiger charge is -2.11. The van der Waals surface area contributed by atoms with E-state index in [1.807, 2.05) is 34.5 Å². The van der Waals surface area contributed by atoms with Gasteiger partial charge in [0.25, 0.3) is 5.91 Å². The maximum atomic E-state index is 12.8. The Kier molecular flexibility index (Phi) is 6.38. The summed E-state index contributed by atoms with van der Waals surface area (Å²) in [5.74, 6) is 0.742. The number of fused-ring (bicyclic) bond motifs is 1. The fraction of sp³-hybridized carbons (Fsp3) is 0.172. The number of benzene rings is 3. The number of hydrogen-bond acceptors (Lipinski definition) is 4. The Labute approximate surface area is 209 Å². The molecule has 2 heterocycles. The first kappa shape index (κ1) is 22.9. The van der Waals surface area contributed by atoms with Crippen LogP contribution < -0.4 is 10.1 Å². The summed E-state index contributed by atoms with van der Waals surface area (Å²) in [6.07, 6.45) is 3.55. The molecule has 0 bridgehead atoms. The number of rotatable bonds is 7. The van der Waals surface area contributed by atoms with Gasteiger partial charge in [0.05, 0.1) is 23.3 Å². The number of thiophene rings is 1. The quantitative estimate of drug-likeness (QED) is 0.275. The lowest BCUT2D eigenvalue weighted by Crippen LogP contribution is -2.09. The highest BCUT2D eigenvalue weighted by Crippen LogP contribution is 2.25. The van der Waals surface area contributed by atoms with Crippen molar-refractivity contribution >= 4 is 33.7 Å². The number of nitrogens with one attached hydrogen (secondary N) is 1. The summed E-state index contributed by atoms with van der Waals surface area (Å²) in [6, 6.07) is 20.7. The number of carbonyl (C=O) groups excluding carboxylic acids is 1. The number of anilines is 1. The summed E-state index contributed by atoms with van der Waals surface area (Å²) in [6.45, 7) is 7.28. The summed E-state index contributed by atoms with van der Waals surface area (Å²) in [5.41, 5.74) is 6.37. The van der Waals surface area contributed by atoms with Crippen LogP contribution in [0.5, 0.6) is 5.75 Å². The predicted molar refractivity (Wildman–Crippen MR) is 143 cm³/mol. The maximum Gasteiger partial charge on any atom is 0.265 e. The van der Waals surface area contributed by atoms with E-state index in [0.717, 1.165) is 16.9 Å². The standard InChI is InChI=1S/C29H27N3O2S/c1-19-11-20(2)21(3)27(12-19)34-17-22-13-28(35-18-22)29(33)31-25-14-30-32(16-25)15-24-9-6-8-23-7-4-5-10-26(23)24/h4-14,16,18H,15,17H2,1-3H3,(H,31,33). The average Bonchev–Trinajstić information content (AvgIpc) is 3.50. The van der Waals surface area contributed by atoms with Gasteiger partial charge in [0.2, 0.25) is 0 Å². The molecule has 0 aliphatic heterocycles. The highest BCUT2D eigenvalue weighted by Gasteiger charge is 2.12. The minimum Gasteiger partial charge on any atom is -0.489 e. The number of hydrogen-bond donors (Lipinski definition) is 1. The number of carbonyl (C=O) groups is 1. The zero-order valence-corrected chi connectivity index (χ0v) is 20.9. The van der Waals surface area contributed by atoms with E-state index in [1.165, 1.54) is 38.8 Å². The third-order valence-corrected chi connectivity index (χ3v) is 7.12. The molecule has 2 aromatic heterocycles. The molecule has 0 aliphatic rings. The zero-order valence-electron chi connectivity index (χ0n) is 20.0. The van der Waals surface area contributed by atoms with E-state index >= 15 is 0 Å². The third-order valence-electron chi connectivity index (χ3n) is 6.14. The molecule has 3 aromatic carbocycles. The highest BCUT2D eigenvalue weighted by atomic mass is 32.1. The van der Waals surface area contributed by atoms with Gasteiger partial charge in [0.1, 0.15) is 12.4 Å². The first-order chi connectivity index (χ1) is 17.0. The van der Waals surface area contributed by atoms with Crippen molar-refractivity contribution in [2.75, 3.05) is 5.32 Å². The molecule has 5 rings (SSSR count). The van der Waals surface area contributed by atoms with Gasteiger partial charge in [-0.3, -0.25) is 9.48 Å². The molecule has 0 atom stereocenters. The number of ether oxygens (including phenoxy) is 1. The third kappa shape index (κ3) is 5.12. The molecular formula is C29H27N3O2S. The van der Waals surface area contributed by atoms with E-state index in [4.69, 9.17) is 4.74 Å². The molecule has 1 amide bonds. The first-order valence-electron chi connectivity index (χ1n) is 11.5. The van der Waals surface area contributed by atoms with Crippen molar-refractivity contribution in [3.05, 3.63) is 111 Å². The molecule has 35 heavy (non-hydrogen) atoms. The Hall–Kier alpha value is -3.90. The minimum absolute atomic E-state index is 0.145. The van der Waals surface area contributed by atoms with E-state index in [-0.39, 0.29) is 5.91 Å². The van der Waals surface area contributed by atoms with Gasteiger partial charge in [-0.1, -0.05) is 48.5 Å². The van der Waals surface area contributed by atoms with Crippen LogP contribution in [0.2, 0.25) is 0 Å². The fourth-order valence-corrected chi connectivity index (χ4v) is 4.99. The molecule has 0 radical (unpaired) electrons. The van der Waals surface area contributed by atoms with Crippen LogP contribution in [-0.2, 0) is 13.2 Å². The Morgan fingerprint density at radius 2 is 1.89 bits per heavy atom. The number of aryl methyl sites for hydroxylation is 2. The van der Waals surface area contributed by atoms with Gasteiger partial charge in [-0.25, -0.2) is 0 Å². The van der Waals surface area contributed by atoms with Gasteiger partial charge in [-0.05, 0) is 71.3 Å². The van der Waals surface area contributed by atoms with Gasteiger partial charge in [0.15, 0.2) is 0 Å². The minimum atomic E-state index is -0.145. The number of aromatic nitrogens is 2. The Bertz CT molecular complexity index is 1510. The van der Waals surface area contributed by atoms with Crippen LogP contribution in [0.4, 0.5) is 5.69 Å². The van der Waals surface area contributed by atoms with Crippen molar-refractivity contribution in [3.63, 3.8) is 0 Å². The second kappa shape index (κ2) is 9.76. The molecule has 0 saturated heterocycles. The monoisotopic (exact) mass is 481 g/mol. The second-order valence-electron chi connectivity index (χ2n) is 8.83. The second-order valence-corrected chi connectivity index (χ2v) is 9.74. The molecule has 0 fully saturated rings. The highest BCUT2D eigenvalue weighted by molar-refractivity contribution is 7.12. The molecule has 0 unspecified atom stereocenters. The zero-order chi connectivity index (χ0) is 24.4. The first-order valence-corrected chi connectivity index (χ1v) is 12.4. The largest absolute Gasteiger partial charge is 0.489 e. The van der Waals surface area contributed by atoms with Crippen molar-refractivity contribution in [3.8, 4) is 5.75 Å². The molecule has 176 valence electrons. The van der Waals surface area contributed by atoms with E-state index < -0.39 is 0 Å². The summed E-state index contributed by atoms with van der Waals surface area (Å²) in [5, 5.41) is 11.8. The molecule has 0 saturated carbocycles. The molecule has 1 N–H and O–H groups in total. The number of nitrogens with zero attached hydrogens (tertiary/aromatic N) is 2. The Morgan fingerprint density at radius 3 is 2.77 bits per heavy atom. The topological polar surface area (TPSA) is 56.1 Å². The van der Waals surface area contributed by atoms with Crippen LogP contribution in [0.1, 0.15) is 37.5 Å². The summed E-state index contributed by atoms with van der Waals surface area (Å²) >= 11 is 1.41. The van der Waals surface area contributed by atoms with Crippen LogP contribution in [0, 0.1) is 20.8 Å². The molecule has 0 spiro atoms. The van der Waals surface area contributed by atoms with Crippen LogP contribution in [0.25, 0.3) is 10.8 Å². The van der Waals surface area contributed by atoms with Crippen molar-refractivity contribution in [2.24, 2.45) is 0 Å². The van der Waals surface area contributed by atoms with Crippen LogP contribution in [0.15, 0.2) is 78.4 Å². The number of amides is 1. The molecule has 6 heteroatoms. The summed E-state index contributed by atoms with van der Waals surface area (Å²) in [7, 11) is 0. The molecule has 5 aromatic rings. The SMILES string of the molecule is Cc1cc(C)c(C)c(OCc2csc(C(=O)Nc3cnn(Cc4cccc5ccccc45)c3)c2)c1. The van der Waals surface area contributed by atoms with Gasteiger partial charge in [0, 0.05) is 11.8 Å². The average molecular weight is 482 g/mol. The lowest BCUT2D eigenvalue weighted by molar-refractivity contribution is 0.103. The van der Waals surface area contributed by atoms with Crippen LogP contribution in [0.3, 0.4) is 0 Å². The summed E-state index contributed by atoms with van der Waals surface area (Å²) in [4.78, 5) is 13.5. The predicted octanol–water partition coefficient (Wildman–Crippen LogP) is 6.90. The fourth-order valence-electron chi connectivity index (χ4n) is 4.19. The normalized spacial score (nSPS) is 11.1. The Balaban J connectivity index is 1.22. The van der Waals surface area contributed by atoms with E-state index in [2.05, 4.69) is 73.7 Å². The maximum absolute atomic E-state index is 12.8. The van der Waals surface area contributed by atoms with Crippen molar-refractivity contribution in [1.82, 2.24) is 9.78 Å². The summed E-state index contributed by atoms with van der Waals surface area (Å²) < 4.78 is 7.89. The van der Waals surface area contributed by atoms with E-state index in [9.17, 15) is 4.79 Å². The van der Waals surface area contributed by atoms with Crippen molar-refractivity contribution in [1.29, 1.82) is 0 Å². The molecule has 0 aliphatic carbocycles. The van der Waals surface area contributed by atoms with Gasteiger partial charge in [-0.2, -0.15) is 5.10 Å². The Morgan fingerprint density at radius 1 is 1.06 bits per heavy atom. The smallest absolute Gasteiger partial charge is 0.265 e. The van der Waals surface area contributed by atoms with Crippen LogP contribution >= 0.6 is 11.3 Å². The van der Waals surface area contributed by atoms with Crippen molar-refractivity contribution in [2.45, 2.75) is 33.9 Å².